The van der Waals surface area contributed by atoms with Gasteiger partial charge in [-0.05, 0) is 31.0 Å². The van der Waals surface area contributed by atoms with Gasteiger partial charge in [0.2, 0.25) is 0 Å². The van der Waals surface area contributed by atoms with Crippen LogP contribution >= 0.6 is 24.0 Å². The van der Waals surface area contributed by atoms with Crippen molar-refractivity contribution < 1.29 is 13.2 Å². The Kier molecular flexibility index (Phi) is 8.65. The lowest BCUT2D eigenvalue weighted by molar-refractivity contribution is 0.412. The van der Waals surface area contributed by atoms with E-state index >= 15 is 0 Å². The van der Waals surface area contributed by atoms with Gasteiger partial charge in [0.05, 0.1) is 25.2 Å². The third-order valence-corrected chi connectivity index (χ3v) is 6.17. The van der Waals surface area contributed by atoms with Crippen LogP contribution in [0.2, 0.25) is 0 Å². The molecule has 1 saturated heterocycles. The molecule has 0 radical (unpaired) electrons. The predicted molar refractivity (Wildman–Crippen MR) is 118 cm³/mol. The molecule has 1 atom stereocenters. The summed E-state index contributed by atoms with van der Waals surface area (Å²) in [5.74, 6) is 1.92. The van der Waals surface area contributed by atoms with E-state index in [-0.39, 0.29) is 46.9 Å². The number of nitrogens with one attached hydrogen (secondary N) is 2. The van der Waals surface area contributed by atoms with Crippen LogP contribution in [0.5, 0.6) is 5.75 Å². The first-order valence-corrected chi connectivity index (χ1v) is 10.5. The molecule has 1 heterocycles. The zero-order valence-electron chi connectivity index (χ0n) is 15.9. The molecule has 0 saturated carbocycles. The minimum atomic E-state index is -2.91. The van der Waals surface area contributed by atoms with Crippen LogP contribution in [0.4, 0.5) is 0 Å². The maximum atomic E-state index is 11.6. The number of hydrogen-bond acceptors (Lipinski definition) is 4. The summed E-state index contributed by atoms with van der Waals surface area (Å²) >= 11 is 0. The van der Waals surface area contributed by atoms with Crippen molar-refractivity contribution >= 4 is 39.8 Å². The molecule has 0 spiro atoms. The molecule has 1 fully saturated rings. The van der Waals surface area contributed by atoms with Crippen LogP contribution in [-0.2, 0) is 15.3 Å². The van der Waals surface area contributed by atoms with Gasteiger partial charge in [-0.3, -0.25) is 4.99 Å². The van der Waals surface area contributed by atoms with E-state index in [9.17, 15) is 8.42 Å². The van der Waals surface area contributed by atoms with Crippen LogP contribution in [0.25, 0.3) is 0 Å². The molecule has 6 nitrogen and oxygen atoms in total. The number of guanidine groups is 1. The molecule has 1 unspecified atom stereocenters. The lowest BCUT2D eigenvalue weighted by Gasteiger charge is -2.25. The Labute approximate surface area is 174 Å². The van der Waals surface area contributed by atoms with Gasteiger partial charge in [-0.25, -0.2) is 8.42 Å². The third-order valence-electron chi connectivity index (χ3n) is 4.40. The molecule has 0 aromatic heterocycles. The first kappa shape index (κ1) is 23.0. The second-order valence-corrected chi connectivity index (χ2v) is 9.28. The zero-order valence-corrected chi connectivity index (χ0v) is 19.1. The molecule has 8 heteroatoms. The number of aliphatic imine (C=N–C) groups is 1. The highest BCUT2D eigenvalue weighted by molar-refractivity contribution is 14.0. The van der Waals surface area contributed by atoms with Crippen LogP contribution in [0.15, 0.2) is 29.3 Å². The van der Waals surface area contributed by atoms with E-state index in [1.165, 1.54) is 0 Å². The van der Waals surface area contributed by atoms with Gasteiger partial charge in [0.25, 0.3) is 0 Å². The molecule has 0 bridgehead atoms. The van der Waals surface area contributed by atoms with E-state index in [4.69, 9.17) is 4.74 Å². The number of nitrogens with zero attached hydrogens (tertiary/aromatic N) is 1. The summed E-state index contributed by atoms with van der Waals surface area (Å²) in [6.07, 6.45) is 0.631. The van der Waals surface area contributed by atoms with Gasteiger partial charge in [0, 0.05) is 18.0 Å². The molecule has 148 valence electrons. The van der Waals surface area contributed by atoms with Crippen molar-refractivity contribution in [2.24, 2.45) is 4.99 Å². The Morgan fingerprint density at radius 2 is 2.12 bits per heavy atom. The zero-order chi connectivity index (χ0) is 18.5. The Morgan fingerprint density at radius 1 is 1.38 bits per heavy atom. The Balaban J connectivity index is 0.00000338. The number of hydrogen-bond donors (Lipinski definition) is 2. The minimum Gasteiger partial charge on any atom is -0.497 e. The standard InChI is InChI=1S/C18H29N3O3S.HI/c1-5-19-17(21-15-9-10-25(22,23)12-15)20-13-18(2,3)14-7-6-8-16(11-14)24-4;/h6-8,11,15H,5,9-10,12-13H2,1-4H3,(H2,19,20,21);1H. The topological polar surface area (TPSA) is 79.8 Å². The average molecular weight is 495 g/mol. The molecule has 2 rings (SSSR count). The van der Waals surface area contributed by atoms with E-state index in [2.05, 4.69) is 35.5 Å². The minimum absolute atomic E-state index is 0. The molecule has 1 aromatic rings. The van der Waals surface area contributed by atoms with Crippen LogP contribution in [0.1, 0.15) is 32.8 Å². The van der Waals surface area contributed by atoms with Crippen LogP contribution < -0.4 is 15.4 Å². The van der Waals surface area contributed by atoms with Crippen LogP contribution in [0.3, 0.4) is 0 Å². The smallest absolute Gasteiger partial charge is 0.191 e. The maximum absolute atomic E-state index is 11.6. The number of ether oxygens (including phenoxy) is 1. The van der Waals surface area contributed by atoms with Crippen molar-refractivity contribution in [3.05, 3.63) is 29.8 Å². The maximum Gasteiger partial charge on any atom is 0.191 e. The summed E-state index contributed by atoms with van der Waals surface area (Å²) in [5.41, 5.74) is 0.980. The molecule has 26 heavy (non-hydrogen) atoms. The molecule has 1 aliphatic rings. The molecule has 0 aliphatic carbocycles. The van der Waals surface area contributed by atoms with Crippen molar-refractivity contribution in [2.75, 3.05) is 31.7 Å². The van der Waals surface area contributed by atoms with E-state index < -0.39 is 9.84 Å². The molecule has 0 amide bonds. The van der Waals surface area contributed by atoms with Gasteiger partial charge in [-0.2, -0.15) is 0 Å². The van der Waals surface area contributed by atoms with Crippen molar-refractivity contribution in [2.45, 2.75) is 38.6 Å². The van der Waals surface area contributed by atoms with E-state index in [1.807, 2.05) is 25.1 Å². The Morgan fingerprint density at radius 3 is 2.69 bits per heavy atom. The fourth-order valence-corrected chi connectivity index (χ4v) is 4.51. The summed E-state index contributed by atoms with van der Waals surface area (Å²) in [6.45, 7) is 7.57. The van der Waals surface area contributed by atoms with Crippen molar-refractivity contribution in [1.82, 2.24) is 10.6 Å². The first-order chi connectivity index (χ1) is 11.8. The molecular formula is C18H30IN3O3S. The average Bonchev–Trinajstić information content (AvgIpc) is 2.91. The van der Waals surface area contributed by atoms with E-state index in [0.29, 0.717) is 18.9 Å². The number of benzene rings is 1. The largest absolute Gasteiger partial charge is 0.497 e. The normalized spacial score (nSPS) is 19.5. The molecule has 2 N–H and O–H groups in total. The highest BCUT2D eigenvalue weighted by Crippen LogP contribution is 2.26. The van der Waals surface area contributed by atoms with Gasteiger partial charge in [0.1, 0.15) is 5.75 Å². The number of sulfone groups is 1. The quantitative estimate of drug-likeness (QED) is 0.360. The number of methoxy groups -OCH3 is 1. The summed E-state index contributed by atoms with van der Waals surface area (Å²) < 4.78 is 28.6. The Bertz CT molecular complexity index is 720. The van der Waals surface area contributed by atoms with Crippen molar-refractivity contribution in [3.63, 3.8) is 0 Å². The van der Waals surface area contributed by atoms with Crippen molar-refractivity contribution in [1.29, 1.82) is 0 Å². The van der Waals surface area contributed by atoms with Gasteiger partial charge in [-0.1, -0.05) is 26.0 Å². The highest BCUT2D eigenvalue weighted by Gasteiger charge is 2.28. The second kappa shape index (κ2) is 9.77. The number of rotatable bonds is 6. The SMILES string of the molecule is CCNC(=NCC(C)(C)c1cccc(OC)c1)NC1CCS(=O)(=O)C1.I. The van der Waals surface area contributed by atoms with Gasteiger partial charge < -0.3 is 15.4 Å². The highest BCUT2D eigenvalue weighted by atomic mass is 127. The van der Waals surface area contributed by atoms with Gasteiger partial charge in [0.15, 0.2) is 15.8 Å². The predicted octanol–water partition coefficient (Wildman–Crippen LogP) is 2.33. The molecule has 1 aromatic carbocycles. The number of halogens is 1. The lowest BCUT2D eigenvalue weighted by Crippen LogP contribution is -2.44. The Hall–Kier alpha value is -1.03. The van der Waals surface area contributed by atoms with E-state index in [1.54, 1.807) is 7.11 Å². The van der Waals surface area contributed by atoms with Crippen LogP contribution in [-0.4, -0.2) is 52.1 Å². The molecular weight excluding hydrogens is 465 g/mol. The lowest BCUT2D eigenvalue weighted by atomic mass is 9.84. The van der Waals surface area contributed by atoms with E-state index in [0.717, 1.165) is 17.9 Å². The molecule has 1 aliphatic heterocycles. The van der Waals surface area contributed by atoms with Gasteiger partial charge >= 0.3 is 0 Å². The van der Waals surface area contributed by atoms with Crippen LogP contribution in [0, 0.1) is 0 Å². The van der Waals surface area contributed by atoms with Gasteiger partial charge in [-0.15, -0.1) is 24.0 Å². The fourth-order valence-electron chi connectivity index (χ4n) is 2.83. The fraction of sp³-hybridized carbons (Fsp3) is 0.611. The van der Waals surface area contributed by atoms with Crippen molar-refractivity contribution in [3.8, 4) is 5.75 Å². The second-order valence-electron chi connectivity index (χ2n) is 7.06. The summed E-state index contributed by atoms with van der Waals surface area (Å²) in [7, 11) is -1.25. The summed E-state index contributed by atoms with van der Waals surface area (Å²) in [4.78, 5) is 4.69. The summed E-state index contributed by atoms with van der Waals surface area (Å²) in [6, 6.07) is 7.94. The third kappa shape index (κ3) is 6.61. The monoisotopic (exact) mass is 495 g/mol. The summed E-state index contributed by atoms with van der Waals surface area (Å²) in [5, 5.41) is 6.46. The first-order valence-electron chi connectivity index (χ1n) is 8.65.